The number of carbonyl (C=O) groups is 1. The second kappa shape index (κ2) is 22.5. The maximum absolute atomic E-state index is 14.1. The van der Waals surface area contributed by atoms with Crippen molar-refractivity contribution in [1.82, 2.24) is 24.5 Å². The molecule has 3 fully saturated rings. The molecule has 1 amide bonds. The summed E-state index contributed by atoms with van der Waals surface area (Å²) in [4.78, 5) is 40.4. The molecule has 2 aromatic heterocycles. The van der Waals surface area contributed by atoms with Crippen LogP contribution in [-0.4, -0.2) is 102 Å². The molecule has 2 saturated heterocycles. The summed E-state index contributed by atoms with van der Waals surface area (Å²) in [5.74, 6) is 1.50. The van der Waals surface area contributed by atoms with Gasteiger partial charge in [0, 0.05) is 87.3 Å². The van der Waals surface area contributed by atoms with Crippen LogP contribution in [-0.2, 0) is 16.6 Å². The Balaban J connectivity index is 0.886. The van der Waals surface area contributed by atoms with E-state index in [-0.39, 0.29) is 29.0 Å². The molecule has 2 aliphatic heterocycles. The van der Waals surface area contributed by atoms with Crippen molar-refractivity contribution in [3.05, 3.63) is 142 Å². The molecule has 3 aliphatic rings. The number of aromatic nitrogens is 2. The zero-order valence-electron chi connectivity index (χ0n) is 43.1. The molecule has 9 rings (SSSR count). The largest absolute Gasteiger partial charge is 0.497 e. The van der Waals surface area contributed by atoms with Crippen molar-refractivity contribution in [2.45, 2.75) is 108 Å². The number of aromatic amines is 1. The Morgan fingerprint density at radius 3 is 2.41 bits per heavy atom. The molecule has 4 N–H and O–H groups in total. The average Bonchev–Trinajstić information content (AvgIpc) is 3.87. The quantitative estimate of drug-likeness (QED) is 0.0469. The summed E-state index contributed by atoms with van der Waals surface area (Å²) < 4.78 is 41.6. The van der Waals surface area contributed by atoms with Gasteiger partial charge in [0.1, 0.15) is 28.6 Å². The third-order valence-electron chi connectivity index (χ3n) is 15.5. The second-order valence-electron chi connectivity index (χ2n) is 21.2. The van der Waals surface area contributed by atoms with E-state index in [9.17, 15) is 28.4 Å². The molecule has 392 valence electrons. The standard InChI is InChI=1S/C57H70N8O8S/c1-38(2)48-8-6-7-9-49(48)53-37-62(36-42-10-13-45(72-5)14-11-42)28-29-64(53)39(3)30-40-21-26-63(27-22-40)44-12-16-50(54(32-44)73-46-31-43-20-25-58-55(43)60-35-46)56(66)61-74(70,71)47-15-17-51(52(33-47)65(68)69)59-34-41-18-23-57(4,67)24-19-41/h6-17,20,25,31-33,35,38-41,53,59,67H,18-19,21-24,26-30,34,36-37H2,1-5H3,(H,58,60)(H,61,66)/t39?,41?,53-,57?/m0/s1. The molecule has 2 atom stereocenters. The van der Waals surface area contributed by atoms with E-state index in [4.69, 9.17) is 9.47 Å². The molecule has 16 nitrogen and oxygen atoms in total. The van der Waals surface area contributed by atoms with Crippen LogP contribution in [0.4, 0.5) is 17.1 Å². The molecule has 17 heteroatoms. The number of ether oxygens (including phenoxy) is 2. The van der Waals surface area contributed by atoms with Crippen LogP contribution < -0.4 is 24.4 Å². The maximum atomic E-state index is 14.1. The van der Waals surface area contributed by atoms with Crippen LogP contribution in [0.1, 0.15) is 112 Å². The highest BCUT2D eigenvalue weighted by Gasteiger charge is 2.35. The van der Waals surface area contributed by atoms with Crippen molar-refractivity contribution in [3.8, 4) is 17.2 Å². The van der Waals surface area contributed by atoms with Crippen LogP contribution in [0.3, 0.4) is 0 Å². The fourth-order valence-corrected chi connectivity index (χ4v) is 12.2. The summed E-state index contributed by atoms with van der Waals surface area (Å²) in [5, 5.41) is 26.5. The number of pyridine rings is 1. The fraction of sp³-hybridized carbons (Fsp3) is 0.439. The number of sulfonamides is 1. The van der Waals surface area contributed by atoms with E-state index in [2.05, 4.69) is 91.9 Å². The summed E-state index contributed by atoms with van der Waals surface area (Å²) in [6.45, 7) is 14.6. The van der Waals surface area contributed by atoms with E-state index < -0.39 is 37.0 Å². The van der Waals surface area contributed by atoms with E-state index in [0.29, 0.717) is 48.7 Å². The zero-order valence-corrected chi connectivity index (χ0v) is 43.9. The average molecular weight is 1030 g/mol. The lowest BCUT2D eigenvalue weighted by molar-refractivity contribution is -0.384. The Labute approximate surface area is 434 Å². The zero-order chi connectivity index (χ0) is 52.1. The van der Waals surface area contributed by atoms with Gasteiger partial charge in [-0.05, 0) is 142 Å². The molecule has 6 aromatic rings. The normalized spacial score (nSPS) is 20.6. The first kappa shape index (κ1) is 52.3. The summed E-state index contributed by atoms with van der Waals surface area (Å²) in [6, 6.07) is 30.3. The van der Waals surface area contributed by atoms with Crippen molar-refractivity contribution in [2.24, 2.45) is 11.8 Å². The van der Waals surface area contributed by atoms with Gasteiger partial charge >= 0.3 is 0 Å². The third kappa shape index (κ3) is 12.3. The molecular weight excluding hydrogens is 957 g/mol. The molecular formula is C57H70N8O8S. The number of hydrogen-bond acceptors (Lipinski definition) is 13. The Bertz CT molecular complexity index is 3040. The first-order valence-electron chi connectivity index (χ1n) is 26.0. The molecule has 1 unspecified atom stereocenters. The molecule has 0 bridgehead atoms. The summed E-state index contributed by atoms with van der Waals surface area (Å²) >= 11 is 0. The predicted octanol–water partition coefficient (Wildman–Crippen LogP) is 10.4. The highest BCUT2D eigenvalue weighted by Crippen LogP contribution is 2.39. The minimum absolute atomic E-state index is 0.0351. The van der Waals surface area contributed by atoms with Crippen molar-refractivity contribution >= 4 is 44.0 Å². The Morgan fingerprint density at radius 2 is 1.68 bits per heavy atom. The fourth-order valence-electron chi connectivity index (χ4n) is 11.2. The number of piperazine rings is 1. The predicted molar refractivity (Wildman–Crippen MR) is 289 cm³/mol. The van der Waals surface area contributed by atoms with Crippen molar-refractivity contribution in [2.75, 3.05) is 56.6 Å². The third-order valence-corrected chi connectivity index (χ3v) is 16.9. The van der Waals surface area contributed by atoms with Gasteiger partial charge in [-0.1, -0.05) is 50.2 Å². The second-order valence-corrected chi connectivity index (χ2v) is 22.9. The van der Waals surface area contributed by atoms with Crippen LogP contribution in [0.25, 0.3) is 11.0 Å². The van der Waals surface area contributed by atoms with Crippen molar-refractivity contribution < 1.29 is 32.7 Å². The van der Waals surface area contributed by atoms with Gasteiger partial charge in [0.25, 0.3) is 21.6 Å². The minimum atomic E-state index is -4.59. The first-order chi connectivity index (χ1) is 35.5. The van der Waals surface area contributed by atoms with Crippen LogP contribution in [0.2, 0.25) is 0 Å². The van der Waals surface area contributed by atoms with Gasteiger partial charge in [0.2, 0.25) is 0 Å². The lowest BCUT2D eigenvalue weighted by Gasteiger charge is -2.46. The van der Waals surface area contributed by atoms with Gasteiger partial charge in [-0.15, -0.1) is 0 Å². The summed E-state index contributed by atoms with van der Waals surface area (Å²) in [7, 11) is -2.89. The number of fused-ring (bicyclic) bond motifs is 1. The number of H-pyrrole nitrogens is 1. The highest BCUT2D eigenvalue weighted by atomic mass is 32.2. The number of aliphatic hydroxyl groups is 1. The maximum Gasteiger partial charge on any atom is 0.293 e. The molecule has 0 spiro atoms. The van der Waals surface area contributed by atoms with Gasteiger partial charge < -0.3 is 29.8 Å². The summed E-state index contributed by atoms with van der Waals surface area (Å²) in [6.07, 6.45) is 9.11. The lowest BCUT2D eigenvalue weighted by Crippen LogP contribution is -2.52. The lowest BCUT2D eigenvalue weighted by atomic mass is 9.80. The number of piperidine rings is 1. The van der Waals surface area contributed by atoms with Crippen LogP contribution in [0, 0.1) is 22.0 Å². The number of nitrogens with zero attached hydrogens (tertiary/aromatic N) is 5. The van der Waals surface area contributed by atoms with Crippen molar-refractivity contribution in [1.29, 1.82) is 0 Å². The number of nitrogens with one attached hydrogen (secondary N) is 3. The van der Waals surface area contributed by atoms with Crippen LogP contribution >= 0.6 is 0 Å². The van der Waals surface area contributed by atoms with E-state index in [1.165, 1.54) is 35.0 Å². The molecule has 1 saturated carbocycles. The van der Waals surface area contributed by atoms with E-state index >= 15 is 0 Å². The number of anilines is 2. The highest BCUT2D eigenvalue weighted by molar-refractivity contribution is 7.90. The molecule has 1 aliphatic carbocycles. The molecule has 0 radical (unpaired) electrons. The Hall–Kier alpha value is -6.53. The van der Waals surface area contributed by atoms with E-state index in [1.807, 2.05) is 31.2 Å². The van der Waals surface area contributed by atoms with Gasteiger partial charge in [-0.25, -0.2) is 18.1 Å². The van der Waals surface area contributed by atoms with Gasteiger partial charge in [0.05, 0.1) is 34.3 Å². The van der Waals surface area contributed by atoms with E-state index in [0.717, 1.165) is 94.3 Å². The number of hydrogen-bond donors (Lipinski definition) is 4. The van der Waals surface area contributed by atoms with Gasteiger partial charge in [0.15, 0.2) is 0 Å². The molecule has 4 heterocycles. The van der Waals surface area contributed by atoms with Gasteiger partial charge in [-0.2, -0.15) is 0 Å². The Kier molecular flexibility index (Phi) is 15.9. The van der Waals surface area contributed by atoms with Crippen molar-refractivity contribution in [3.63, 3.8) is 0 Å². The Morgan fingerprint density at radius 1 is 0.919 bits per heavy atom. The van der Waals surface area contributed by atoms with Crippen LogP contribution in [0.5, 0.6) is 17.2 Å². The number of rotatable bonds is 18. The van der Waals surface area contributed by atoms with Crippen LogP contribution in [0.15, 0.2) is 114 Å². The number of carbonyl (C=O) groups excluding carboxylic acids is 1. The first-order valence-corrected chi connectivity index (χ1v) is 27.5. The number of amides is 1. The van der Waals surface area contributed by atoms with E-state index in [1.54, 1.807) is 31.5 Å². The summed E-state index contributed by atoms with van der Waals surface area (Å²) in [5.41, 5.74) is 4.57. The molecule has 74 heavy (non-hydrogen) atoms. The number of methoxy groups -OCH3 is 1. The number of nitro benzene ring substituents is 1. The SMILES string of the molecule is COc1ccc(CN2CCN(C(C)CC3CCN(c4ccc(C(=O)NS(=O)(=O)c5ccc(NCC6CCC(C)(O)CC6)c([N+](=O)[O-])c5)c(Oc5cnc6[nH]ccc6c5)c4)CC3)[C@H](c3ccccc3C(C)C)C2)cc1. The van der Waals surface area contributed by atoms with Gasteiger partial charge in [-0.3, -0.25) is 24.7 Å². The monoisotopic (exact) mass is 1030 g/mol. The number of benzene rings is 4. The topological polar surface area (TPSA) is 195 Å². The smallest absolute Gasteiger partial charge is 0.293 e. The molecule has 4 aromatic carbocycles. The number of nitro groups is 1. The minimum Gasteiger partial charge on any atom is -0.497 e.